The number of carbonyl (C=O) groups is 1. The van der Waals surface area contributed by atoms with Gasteiger partial charge in [-0.1, -0.05) is 5.57 Å². The minimum absolute atomic E-state index is 0.305. The first kappa shape index (κ1) is 18.0. The second-order valence-electron chi connectivity index (χ2n) is 6.88. The maximum Gasteiger partial charge on any atom is 0.255 e. The van der Waals surface area contributed by atoms with Gasteiger partial charge in [-0.15, -0.1) is 0 Å². The Balaban J connectivity index is 1.63. The van der Waals surface area contributed by atoms with Crippen molar-refractivity contribution in [2.45, 2.75) is 25.7 Å². The van der Waals surface area contributed by atoms with E-state index in [1.165, 1.54) is 12.3 Å². The number of alkyl halides is 2. The van der Waals surface area contributed by atoms with Gasteiger partial charge in [-0.3, -0.25) is 9.78 Å². The van der Waals surface area contributed by atoms with Gasteiger partial charge in [0.25, 0.3) is 5.92 Å². The first-order chi connectivity index (χ1) is 13.3. The van der Waals surface area contributed by atoms with Crippen LogP contribution < -0.4 is 11.1 Å². The Morgan fingerprint density at radius 1 is 1.29 bits per heavy atom. The molecule has 0 saturated heterocycles. The molecule has 3 N–H and O–H groups in total. The average molecular weight is 381 g/mol. The van der Waals surface area contributed by atoms with E-state index in [0.717, 1.165) is 16.5 Å². The molecule has 0 radical (unpaired) electrons. The first-order valence-electron chi connectivity index (χ1n) is 8.66. The van der Waals surface area contributed by atoms with Gasteiger partial charge in [0.05, 0.1) is 5.69 Å². The smallest absolute Gasteiger partial charge is 0.255 e. The number of aromatic nitrogens is 3. The molecule has 4 rings (SSSR count). The maximum atomic E-state index is 12.9. The topological polar surface area (TPSA) is 93.8 Å². The Morgan fingerprint density at radius 3 is 2.79 bits per heavy atom. The predicted molar refractivity (Wildman–Crippen MR) is 103 cm³/mol. The third-order valence-corrected chi connectivity index (χ3v) is 4.62. The molecule has 1 amide bonds. The highest BCUT2D eigenvalue weighted by molar-refractivity contribution is 6.01. The second-order valence-corrected chi connectivity index (χ2v) is 6.88. The minimum Gasteiger partial charge on any atom is -0.383 e. The number of nitrogens with two attached hydrogens (primary N) is 1. The number of allylic oxidation sites excluding steroid dienone is 1. The Morgan fingerprint density at radius 2 is 2.07 bits per heavy atom. The van der Waals surface area contributed by atoms with Crippen molar-refractivity contribution in [2.24, 2.45) is 0 Å². The van der Waals surface area contributed by atoms with E-state index in [2.05, 4.69) is 20.3 Å². The van der Waals surface area contributed by atoms with Gasteiger partial charge in [-0.2, -0.15) is 0 Å². The number of anilines is 2. The normalized spacial score (nSPS) is 15.2. The van der Waals surface area contributed by atoms with Gasteiger partial charge >= 0.3 is 0 Å². The highest BCUT2D eigenvalue weighted by Crippen LogP contribution is 2.41. The van der Waals surface area contributed by atoms with Gasteiger partial charge in [0, 0.05) is 48.5 Å². The summed E-state index contributed by atoms with van der Waals surface area (Å²) in [7, 11) is 0. The van der Waals surface area contributed by atoms with Crippen LogP contribution in [0.1, 0.15) is 18.4 Å². The highest BCUT2D eigenvalue weighted by atomic mass is 19.3. The van der Waals surface area contributed by atoms with Gasteiger partial charge in [0.1, 0.15) is 11.6 Å². The number of aryl methyl sites for hydroxylation is 1. The molecular formula is C20H17F2N5O. The summed E-state index contributed by atoms with van der Waals surface area (Å²) in [6.45, 7) is 1.95. The number of hydrogen-bond donors (Lipinski definition) is 2. The molecule has 6 nitrogen and oxygen atoms in total. The molecule has 3 heterocycles. The Bertz CT molecular complexity index is 1120. The number of carbonyl (C=O) groups excluding carboxylic acids is 1. The number of hydrogen-bond acceptors (Lipinski definition) is 5. The molecule has 0 bridgehead atoms. The van der Waals surface area contributed by atoms with Crippen LogP contribution in [0.3, 0.4) is 0 Å². The molecule has 1 aliphatic rings. The van der Waals surface area contributed by atoms with Gasteiger partial charge in [0.2, 0.25) is 5.91 Å². The summed E-state index contributed by atoms with van der Waals surface area (Å²) in [5.41, 5.74) is 9.02. The standard InChI is InChI=1S/C20H17F2N5O/c1-11-2-3-24-9-14(11)16-5-13-6-17(25-10-15(13)19(23)26-16)27-18(28)4-12-7-20(21,22)8-12/h2-6,9-10H,7-8H2,1H3,(H2,23,26)(H,25,27,28). The molecule has 0 spiro atoms. The summed E-state index contributed by atoms with van der Waals surface area (Å²) in [6.07, 6.45) is 5.40. The molecule has 0 aromatic carbocycles. The fourth-order valence-electron chi connectivity index (χ4n) is 3.17. The Labute approximate surface area is 159 Å². The van der Waals surface area contributed by atoms with Crippen LogP contribution in [0.5, 0.6) is 0 Å². The van der Waals surface area contributed by atoms with Gasteiger partial charge < -0.3 is 11.1 Å². The molecule has 0 aliphatic heterocycles. The largest absolute Gasteiger partial charge is 0.383 e. The summed E-state index contributed by atoms with van der Waals surface area (Å²) in [4.78, 5) is 24.8. The third-order valence-electron chi connectivity index (χ3n) is 4.62. The van der Waals surface area contributed by atoms with E-state index in [1.54, 1.807) is 18.5 Å². The number of fused-ring (bicyclic) bond motifs is 1. The van der Waals surface area contributed by atoms with Crippen LogP contribution in [0.2, 0.25) is 0 Å². The molecule has 1 aliphatic carbocycles. The van der Waals surface area contributed by atoms with Crippen LogP contribution in [-0.2, 0) is 4.79 Å². The van der Waals surface area contributed by atoms with Crippen LogP contribution in [0.25, 0.3) is 22.0 Å². The molecule has 142 valence electrons. The van der Waals surface area contributed by atoms with Gasteiger partial charge in [-0.25, -0.2) is 18.7 Å². The van der Waals surface area contributed by atoms with Crippen molar-refractivity contribution in [1.82, 2.24) is 15.0 Å². The van der Waals surface area contributed by atoms with E-state index in [0.29, 0.717) is 28.3 Å². The van der Waals surface area contributed by atoms with Crippen LogP contribution in [0.15, 0.2) is 48.4 Å². The average Bonchev–Trinajstić information content (AvgIpc) is 2.60. The van der Waals surface area contributed by atoms with Crippen LogP contribution in [0.4, 0.5) is 20.4 Å². The number of rotatable bonds is 3. The van der Waals surface area contributed by atoms with E-state index >= 15 is 0 Å². The van der Waals surface area contributed by atoms with Crippen molar-refractivity contribution in [2.75, 3.05) is 11.1 Å². The van der Waals surface area contributed by atoms with Crippen molar-refractivity contribution in [3.8, 4) is 11.3 Å². The quantitative estimate of drug-likeness (QED) is 0.672. The number of nitrogens with one attached hydrogen (secondary N) is 1. The number of nitrogen functional groups attached to an aromatic ring is 1. The van der Waals surface area contributed by atoms with E-state index in [-0.39, 0.29) is 12.8 Å². The van der Waals surface area contributed by atoms with Crippen molar-refractivity contribution >= 4 is 28.3 Å². The van der Waals surface area contributed by atoms with E-state index in [9.17, 15) is 13.6 Å². The zero-order chi connectivity index (χ0) is 19.9. The zero-order valence-corrected chi connectivity index (χ0v) is 15.0. The van der Waals surface area contributed by atoms with Gasteiger partial charge in [-0.05, 0) is 36.1 Å². The maximum absolute atomic E-state index is 12.9. The summed E-state index contributed by atoms with van der Waals surface area (Å²) >= 11 is 0. The fourth-order valence-corrected chi connectivity index (χ4v) is 3.17. The molecule has 0 atom stereocenters. The van der Waals surface area contributed by atoms with Crippen LogP contribution in [0, 0.1) is 6.92 Å². The molecule has 1 saturated carbocycles. The lowest BCUT2D eigenvalue weighted by Gasteiger charge is -2.28. The number of halogens is 2. The third kappa shape index (κ3) is 3.53. The zero-order valence-electron chi connectivity index (χ0n) is 15.0. The SMILES string of the molecule is Cc1ccncc1-c1cc2cc(NC(=O)C=C3CC(F)(F)C3)ncc2c(N)n1. The Kier molecular flexibility index (Phi) is 4.26. The summed E-state index contributed by atoms with van der Waals surface area (Å²) < 4.78 is 25.8. The van der Waals surface area contributed by atoms with Crippen molar-refractivity contribution in [1.29, 1.82) is 0 Å². The molecular weight excluding hydrogens is 364 g/mol. The van der Waals surface area contributed by atoms with E-state index in [1.807, 2.05) is 19.1 Å². The molecule has 28 heavy (non-hydrogen) atoms. The summed E-state index contributed by atoms with van der Waals surface area (Å²) in [5.74, 6) is -2.55. The summed E-state index contributed by atoms with van der Waals surface area (Å²) in [6, 6.07) is 5.40. The van der Waals surface area contributed by atoms with Crippen LogP contribution in [-0.4, -0.2) is 26.8 Å². The second kappa shape index (κ2) is 6.63. The van der Waals surface area contributed by atoms with E-state index < -0.39 is 11.8 Å². The molecule has 3 aromatic heterocycles. The highest BCUT2D eigenvalue weighted by Gasteiger charge is 2.41. The predicted octanol–water partition coefficient (Wildman–Crippen LogP) is 3.88. The monoisotopic (exact) mass is 381 g/mol. The molecule has 8 heteroatoms. The lowest BCUT2D eigenvalue weighted by atomic mass is 9.87. The van der Waals surface area contributed by atoms with Crippen LogP contribution >= 0.6 is 0 Å². The number of nitrogens with zero attached hydrogens (tertiary/aromatic N) is 3. The van der Waals surface area contributed by atoms with Crippen molar-refractivity contribution in [3.05, 3.63) is 54.0 Å². The fraction of sp³-hybridized carbons (Fsp3) is 0.200. The lowest BCUT2D eigenvalue weighted by Crippen LogP contribution is -2.29. The lowest BCUT2D eigenvalue weighted by molar-refractivity contribution is -0.112. The number of pyridine rings is 3. The van der Waals surface area contributed by atoms with Crippen molar-refractivity contribution in [3.63, 3.8) is 0 Å². The van der Waals surface area contributed by atoms with Gasteiger partial charge in [0.15, 0.2) is 0 Å². The Hall–Kier alpha value is -3.42. The molecule has 0 unspecified atom stereocenters. The number of amides is 1. The minimum atomic E-state index is -2.70. The summed E-state index contributed by atoms with van der Waals surface area (Å²) in [5, 5.41) is 4.01. The first-order valence-corrected chi connectivity index (χ1v) is 8.66. The molecule has 1 fully saturated rings. The molecule has 3 aromatic rings. The van der Waals surface area contributed by atoms with E-state index in [4.69, 9.17) is 5.73 Å². The van der Waals surface area contributed by atoms with Crippen molar-refractivity contribution < 1.29 is 13.6 Å².